The summed E-state index contributed by atoms with van der Waals surface area (Å²) in [6.45, 7) is 6.82. The molecule has 0 amide bonds. The van der Waals surface area contributed by atoms with Crippen molar-refractivity contribution in [3.63, 3.8) is 0 Å². The minimum Gasteiger partial charge on any atom is -0.390 e. The molecule has 0 aromatic rings. The van der Waals surface area contributed by atoms with Crippen LogP contribution in [0.2, 0.25) is 0 Å². The van der Waals surface area contributed by atoms with E-state index in [1.807, 2.05) is 0 Å². The van der Waals surface area contributed by atoms with Gasteiger partial charge >= 0.3 is 0 Å². The summed E-state index contributed by atoms with van der Waals surface area (Å²) >= 11 is 0. The highest BCUT2D eigenvalue weighted by Crippen LogP contribution is 2.38. The first-order valence-corrected chi connectivity index (χ1v) is 7.86. The molecule has 1 rings (SSSR count). The maximum atomic E-state index is 10.7. The summed E-state index contributed by atoms with van der Waals surface area (Å²) in [6.07, 6.45) is 12.1. The average Bonchev–Trinajstić information content (AvgIpc) is 2.35. The third kappa shape index (κ3) is 4.99. The Balaban J connectivity index is 2.37. The maximum Gasteiger partial charge on any atom is 0.0650 e. The van der Waals surface area contributed by atoms with Gasteiger partial charge in [-0.3, -0.25) is 0 Å². The van der Waals surface area contributed by atoms with E-state index in [1.165, 1.54) is 44.9 Å². The van der Waals surface area contributed by atoms with Gasteiger partial charge < -0.3 is 5.11 Å². The van der Waals surface area contributed by atoms with Crippen LogP contribution in [0.25, 0.3) is 0 Å². The fourth-order valence-electron chi connectivity index (χ4n) is 3.31. The topological polar surface area (TPSA) is 20.2 Å². The lowest BCUT2D eigenvalue weighted by Crippen LogP contribution is -2.36. The molecule has 1 nitrogen and oxygen atoms in total. The predicted octanol–water partition coefficient (Wildman–Crippen LogP) is 4.92. The van der Waals surface area contributed by atoms with Crippen LogP contribution in [0, 0.1) is 11.8 Å². The van der Waals surface area contributed by atoms with Gasteiger partial charge in [0.25, 0.3) is 0 Å². The largest absolute Gasteiger partial charge is 0.390 e. The number of hydrogen-bond donors (Lipinski definition) is 1. The van der Waals surface area contributed by atoms with Crippen molar-refractivity contribution in [3.8, 4) is 0 Å². The van der Waals surface area contributed by atoms with Crippen molar-refractivity contribution in [2.45, 2.75) is 90.6 Å². The lowest BCUT2D eigenvalue weighted by molar-refractivity contribution is -0.0310. The highest BCUT2D eigenvalue weighted by atomic mass is 16.3. The van der Waals surface area contributed by atoms with E-state index in [0.29, 0.717) is 0 Å². The molecule has 1 unspecified atom stereocenters. The van der Waals surface area contributed by atoms with Gasteiger partial charge in [-0.05, 0) is 43.9 Å². The number of aliphatic hydroxyl groups is 1. The van der Waals surface area contributed by atoms with E-state index in [-0.39, 0.29) is 5.60 Å². The third-order valence-corrected chi connectivity index (χ3v) is 4.83. The second-order valence-corrected chi connectivity index (χ2v) is 6.20. The molecule has 17 heavy (non-hydrogen) atoms. The van der Waals surface area contributed by atoms with Crippen molar-refractivity contribution < 1.29 is 5.11 Å². The molecule has 0 radical (unpaired) electrons. The Hall–Kier alpha value is -0.0400. The van der Waals surface area contributed by atoms with Crippen LogP contribution in [-0.4, -0.2) is 10.7 Å². The molecule has 1 fully saturated rings. The van der Waals surface area contributed by atoms with Crippen LogP contribution in [-0.2, 0) is 0 Å². The van der Waals surface area contributed by atoms with Gasteiger partial charge in [0.15, 0.2) is 0 Å². The summed E-state index contributed by atoms with van der Waals surface area (Å²) in [6, 6.07) is 0. The van der Waals surface area contributed by atoms with Crippen LogP contribution >= 0.6 is 0 Å². The molecule has 0 saturated heterocycles. The Kier molecular flexibility index (Phi) is 6.54. The van der Waals surface area contributed by atoms with E-state index in [9.17, 15) is 5.11 Å². The molecule has 1 heteroatoms. The van der Waals surface area contributed by atoms with Crippen LogP contribution in [0.1, 0.15) is 85.0 Å². The predicted molar refractivity (Wildman–Crippen MR) is 75.1 cm³/mol. The van der Waals surface area contributed by atoms with E-state index in [1.54, 1.807) is 0 Å². The maximum absolute atomic E-state index is 10.7. The molecule has 0 bridgehead atoms. The van der Waals surface area contributed by atoms with Gasteiger partial charge in [-0.1, -0.05) is 52.9 Å². The van der Waals surface area contributed by atoms with Gasteiger partial charge in [0, 0.05) is 0 Å². The first-order chi connectivity index (χ1) is 8.13. The van der Waals surface area contributed by atoms with Gasteiger partial charge in [0.2, 0.25) is 0 Å². The first kappa shape index (κ1) is 15.0. The molecule has 1 aliphatic carbocycles. The third-order valence-electron chi connectivity index (χ3n) is 4.83. The normalized spacial score (nSPS) is 31.4. The van der Waals surface area contributed by atoms with E-state index in [0.717, 1.165) is 31.1 Å². The summed E-state index contributed by atoms with van der Waals surface area (Å²) < 4.78 is 0. The zero-order valence-corrected chi connectivity index (χ0v) is 12.2. The second-order valence-electron chi connectivity index (χ2n) is 6.20. The summed E-state index contributed by atoms with van der Waals surface area (Å²) in [5, 5.41) is 10.7. The molecule has 0 aromatic heterocycles. The van der Waals surface area contributed by atoms with Gasteiger partial charge in [-0.15, -0.1) is 0 Å². The van der Waals surface area contributed by atoms with Gasteiger partial charge in [-0.25, -0.2) is 0 Å². The highest BCUT2D eigenvalue weighted by molar-refractivity contribution is 4.87. The lowest BCUT2D eigenvalue weighted by atomic mass is 9.73. The van der Waals surface area contributed by atoms with E-state index in [2.05, 4.69) is 20.8 Å². The van der Waals surface area contributed by atoms with Crippen molar-refractivity contribution in [2.24, 2.45) is 11.8 Å². The van der Waals surface area contributed by atoms with Crippen LogP contribution in [0.3, 0.4) is 0 Å². The molecule has 1 atom stereocenters. The molecular weight excluding hydrogens is 208 g/mol. The zero-order chi connectivity index (χ0) is 12.7. The monoisotopic (exact) mass is 240 g/mol. The molecular formula is C16H32O. The molecule has 1 saturated carbocycles. The fraction of sp³-hybridized carbons (Fsp3) is 1.00. The number of rotatable bonds is 7. The van der Waals surface area contributed by atoms with E-state index < -0.39 is 0 Å². The summed E-state index contributed by atoms with van der Waals surface area (Å²) in [5.74, 6) is 1.63. The lowest BCUT2D eigenvalue weighted by Gasteiger charge is -2.38. The van der Waals surface area contributed by atoms with E-state index in [4.69, 9.17) is 0 Å². The fourth-order valence-corrected chi connectivity index (χ4v) is 3.31. The molecule has 0 aliphatic heterocycles. The van der Waals surface area contributed by atoms with Crippen molar-refractivity contribution in [1.82, 2.24) is 0 Å². The van der Waals surface area contributed by atoms with Crippen LogP contribution < -0.4 is 0 Å². The molecule has 1 aliphatic rings. The van der Waals surface area contributed by atoms with Crippen LogP contribution in [0.4, 0.5) is 0 Å². The van der Waals surface area contributed by atoms with Crippen molar-refractivity contribution in [1.29, 1.82) is 0 Å². The summed E-state index contributed by atoms with van der Waals surface area (Å²) in [5.41, 5.74) is -0.319. The quantitative estimate of drug-likeness (QED) is 0.669. The second kappa shape index (κ2) is 7.41. The molecule has 102 valence electrons. The Bertz CT molecular complexity index is 192. The number of unbranched alkanes of at least 4 members (excludes halogenated alkanes) is 1. The Morgan fingerprint density at radius 2 is 1.82 bits per heavy atom. The molecule has 0 spiro atoms. The minimum absolute atomic E-state index is 0.319. The Morgan fingerprint density at radius 3 is 2.29 bits per heavy atom. The standard InChI is InChI=1S/C16H32O/c1-4-7-8-15(6-3)13-16(17)11-9-14(5-2)10-12-16/h14-15,17H,4-13H2,1-3H3. The van der Waals surface area contributed by atoms with Crippen molar-refractivity contribution in [3.05, 3.63) is 0 Å². The van der Waals surface area contributed by atoms with Gasteiger partial charge in [0.1, 0.15) is 0 Å². The first-order valence-electron chi connectivity index (χ1n) is 7.86. The average molecular weight is 240 g/mol. The highest BCUT2D eigenvalue weighted by Gasteiger charge is 2.34. The molecule has 1 N–H and O–H groups in total. The van der Waals surface area contributed by atoms with Crippen LogP contribution in [0.5, 0.6) is 0 Å². The van der Waals surface area contributed by atoms with Crippen molar-refractivity contribution >= 4 is 0 Å². The van der Waals surface area contributed by atoms with Crippen molar-refractivity contribution in [2.75, 3.05) is 0 Å². The Morgan fingerprint density at radius 1 is 1.18 bits per heavy atom. The minimum atomic E-state index is -0.319. The molecule has 0 aromatic carbocycles. The van der Waals surface area contributed by atoms with E-state index >= 15 is 0 Å². The zero-order valence-electron chi connectivity index (χ0n) is 12.2. The summed E-state index contributed by atoms with van der Waals surface area (Å²) in [7, 11) is 0. The van der Waals surface area contributed by atoms with Crippen LogP contribution in [0.15, 0.2) is 0 Å². The van der Waals surface area contributed by atoms with Gasteiger partial charge in [-0.2, -0.15) is 0 Å². The summed E-state index contributed by atoms with van der Waals surface area (Å²) in [4.78, 5) is 0. The Labute approximate surface area is 108 Å². The number of hydrogen-bond acceptors (Lipinski definition) is 1. The smallest absolute Gasteiger partial charge is 0.0650 e. The SMILES string of the molecule is CCCCC(CC)CC1(O)CCC(CC)CC1. The molecule has 0 heterocycles. The van der Waals surface area contributed by atoms with Gasteiger partial charge in [0.05, 0.1) is 5.60 Å².